The molecule has 1 aromatic heterocycles. The molecule has 10 heteroatoms. The van der Waals surface area contributed by atoms with Crippen molar-refractivity contribution in [3.8, 4) is 11.8 Å². The van der Waals surface area contributed by atoms with E-state index in [0.717, 1.165) is 22.5 Å². The number of rotatable bonds is 8. The minimum atomic E-state index is -2.78. The lowest BCUT2D eigenvalue weighted by molar-refractivity contribution is 0.0770. The molecule has 1 unspecified atom stereocenters. The van der Waals surface area contributed by atoms with Crippen molar-refractivity contribution in [2.45, 2.75) is 11.3 Å². The molecule has 0 saturated carbocycles. The first-order valence-electron chi connectivity index (χ1n) is 8.84. The fourth-order valence-electron chi connectivity index (χ4n) is 2.90. The van der Waals surface area contributed by atoms with E-state index in [4.69, 9.17) is 4.74 Å². The van der Waals surface area contributed by atoms with Crippen LogP contribution in [-0.2, 0) is 11.4 Å². The maximum absolute atomic E-state index is 14.2. The number of fused-ring (bicyclic) bond motifs is 1. The fourth-order valence-corrected chi connectivity index (χ4v) is 3.93. The van der Waals surface area contributed by atoms with Gasteiger partial charge in [0, 0.05) is 36.6 Å². The van der Waals surface area contributed by atoms with E-state index < -0.39 is 36.1 Å². The summed E-state index contributed by atoms with van der Waals surface area (Å²) in [6, 6.07) is 12.0. The van der Waals surface area contributed by atoms with Gasteiger partial charge in [0.1, 0.15) is 17.0 Å². The van der Waals surface area contributed by atoms with Gasteiger partial charge in [0.05, 0.1) is 7.11 Å². The first-order valence-corrected chi connectivity index (χ1v) is 9.99. The molecule has 1 N–H and O–H groups in total. The van der Waals surface area contributed by atoms with Crippen LogP contribution in [0.2, 0.25) is 0 Å². The molecular formula is C20H20F3N3O3S. The molecule has 2 aromatic carbocycles. The Labute approximate surface area is 174 Å². The standard InChI is InChI=1S/C20H20F3N3O3S/c1-26(2)16-8-4-7-13-12(16)6-5-9-17(13)30(27)25-15-10-14(21)19(24-20(15)28-3)29-11-18(22)23/h4-10,18,25H,11H2,1-3H3. The van der Waals surface area contributed by atoms with Gasteiger partial charge in [0.25, 0.3) is 12.3 Å². The van der Waals surface area contributed by atoms with Crippen LogP contribution in [0, 0.1) is 5.82 Å². The smallest absolute Gasteiger partial charge is 0.272 e. The van der Waals surface area contributed by atoms with E-state index in [2.05, 4.69) is 14.4 Å². The first kappa shape index (κ1) is 21.8. The van der Waals surface area contributed by atoms with Gasteiger partial charge < -0.3 is 18.9 Å². The Hall–Kier alpha value is -2.85. The summed E-state index contributed by atoms with van der Waals surface area (Å²) < 4.78 is 64.3. The van der Waals surface area contributed by atoms with Gasteiger partial charge in [-0.1, -0.05) is 18.2 Å². The van der Waals surface area contributed by atoms with Crippen LogP contribution in [0.1, 0.15) is 0 Å². The summed E-state index contributed by atoms with van der Waals surface area (Å²) in [6.07, 6.45) is -2.78. The van der Waals surface area contributed by atoms with Gasteiger partial charge in [-0.25, -0.2) is 13.2 Å². The second kappa shape index (κ2) is 9.31. The lowest BCUT2D eigenvalue weighted by Gasteiger charge is -2.18. The molecule has 0 spiro atoms. The van der Waals surface area contributed by atoms with Crippen LogP contribution in [0.4, 0.5) is 24.5 Å². The van der Waals surface area contributed by atoms with Crippen LogP contribution in [0.25, 0.3) is 10.8 Å². The average molecular weight is 439 g/mol. The Morgan fingerprint density at radius 2 is 1.83 bits per heavy atom. The van der Waals surface area contributed by atoms with Crippen LogP contribution in [0.5, 0.6) is 11.8 Å². The van der Waals surface area contributed by atoms with Gasteiger partial charge in [0.15, 0.2) is 17.3 Å². The second-order valence-corrected chi connectivity index (χ2v) is 7.61. The molecule has 0 aliphatic carbocycles. The summed E-state index contributed by atoms with van der Waals surface area (Å²) in [5.74, 6) is -1.74. The molecule has 0 fully saturated rings. The lowest BCUT2D eigenvalue weighted by Crippen LogP contribution is -2.16. The summed E-state index contributed by atoms with van der Waals surface area (Å²) in [7, 11) is 5.09. The maximum Gasteiger partial charge on any atom is 0.272 e. The van der Waals surface area contributed by atoms with E-state index >= 15 is 0 Å². The van der Waals surface area contributed by atoms with E-state index in [1.807, 2.05) is 43.3 Å². The van der Waals surface area contributed by atoms with Crippen molar-refractivity contribution in [1.82, 2.24) is 4.98 Å². The molecular weight excluding hydrogens is 419 g/mol. The molecule has 0 amide bonds. The Bertz CT molecular complexity index is 1040. The summed E-state index contributed by atoms with van der Waals surface area (Å²) in [4.78, 5) is 6.18. The van der Waals surface area contributed by atoms with Crippen molar-refractivity contribution in [2.24, 2.45) is 0 Å². The Balaban J connectivity index is 1.93. The zero-order valence-corrected chi connectivity index (χ0v) is 17.3. The van der Waals surface area contributed by atoms with Crippen molar-refractivity contribution in [3.05, 3.63) is 48.3 Å². The van der Waals surface area contributed by atoms with Crippen molar-refractivity contribution in [2.75, 3.05) is 37.4 Å². The minimum Gasteiger partial charge on any atom is -0.588 e. The lowest BCUT2D eigenvalue weighted by atomic mass is 10.1. The predicted octanol–water partition coefficient (Wildman–Crippen LogP) is 4.23. The van der Waals surface area contributed by atoms with Crippen LogP contribution in [-0.4, -0.2) is 43.8 Å². The van der Waals surface area contributed by atoms with Crippen LogP contribution in [0.3, 0.4) is 0 Å². The number of ether oxygens (including phenoxy) is 2. The number of benzene rings is 2. The Kier molecular flexibility index (Phi) is 6.78. The van der Waals surface area contributed by atoms with Gasteiger partial charge in [-0.2, -0.15) is 9.71 Å². The molecule has 0 radical (unpaired) electrons. The predicted molar refractivity (Wildman–Crippen MR) is 111 cm³/mol. The summed E-state index contributed by atoms with van der Waals surface area (Å²) in [5.41, 5.74) is 0.954. The number of anilines is 2. The third-order valence-electron chi connectivity index (χ3n) is 4.19. The summed E-state index contributed by atoms with van der Waals surface area (Å²) in [5, 5.41) is 1.67. The van der Waals surface area contributed by atoms with E-state index in [-0.39, 0.29) is 11.6 Å². The van der Waals surface area contributed by atoms with Crippen LogP contribution in [0.15, 0.2) is 47.4 Å². The molecule has 1 heterocycles. The number of aromatic nitrogens is 1. The van der Waals surface area contributed by atoms with Gasteiger partial charge >= 0.3 is 0 Å². The molecule has 6 nitrogen and oxygen atoms in total. The quantitative estimate of drug-likeness (QED) is 0.530. The Morgan fingerprint density at radius 1 is 1.13 bits per heavy atom. The third-order valence-corrected chi connectivity index (χ3v) is 5.35. The first-order chi connectivity index (χ1) is 14.3. The normalized spacial score (nSPS) is 12.1. The van der Waals surface area contributed by atoms with E-state index in [9.17, 15) is 17.7 Å². The third kappa shape index (κ3) is 4.65. The molecule has 160 valence electrons. The SMILES string of the molecule is COc1nc(OCC(F)F)c(F)cc1N[S+]([O-])c1cccc2c(N(C)C)cccc12. The van der Waals surface area contributed by atoms with Crippen molar-refractivity contribution in [1.29, 1.82) is 0 Å². The molecule has 0 aliphatic rings. The number of alkyl halides is 2. The van der Waals surface area contributed by atoms with Crippen molar-refractivity contribution >= 4 is 33.5 Å². The number of hydrogen-bond acceptors (Lipinski definition) is 6. The number of pyridine rings is 1. The maximum atomic E-state index is 14.2. The second-order valence-electron chi connectivity index (χ2n) is 6.43. The molecule has 3 rings (SSSR count). The fraction of sp³-hybridized carbons (Fsp3) is 0.250. The monoisotopic (exact) mass is 439 g/mol. The molecule has 30 heavy (non-hydrogen) atoms. The van der Waals surface area contributed by atoms with Crippen molar-refractivity contribution < 1.29 is 27.2 Å². The van der Waals surface area contributed by atoms with Crippen LogP contribution < -0.4 is 19.1 Å². The highest BCUT2D eigenvalue weighted by molar-refractivity contribution is 7.93. The number of halogens is 3. The highest BCUT2D eigenvalue weighted by Gasteiger charge is 2.22. The highest BCUT2D eigenvalue weighted by atomic mass is 32.2. The summed E-state index contributed by atoms with van der Waals surface area (Å²) in [6.45, 7) is -1.00. The molecule has 0 aliphatic heterocycles. The Morgan fingerprint density at radius 3 is 2.50 bits per heavy atom. The minimum absolute atomic E-state index is 0.00139. The van der Waals surface area contributed by atoms with E-state index in [1.165, 1.54) is 7.11 Å². The molecule has 0 saturated heterocycles. The number of methoxy groups -OCH3 is 1. The van der Waals surface area contributed by atoms with Gasteiger partial charge in [-0.15, -0.1) is 0 Å². The van der Waals surface area contributed by atoms with Gasteiger partial charge in [-0.3, -0.25) is 0 Å². The summed E-state index contributed by atoms with van der Waals surface area (Å²) >= 11 is -1.78. The van der Waals surface area contributed by atoms with E-state index in [0.29, 0.717) is 4.90 Å². The number of hydrogen-bond donors (Lipinski definition) is 1. The molecule has 3 aromatic rings. The van der Waals surface area contributed by atoms with Gasteiger partial charge in [-0.05, 0) is 18.2 Å². The topological polar surface area (TPSA) is 69.7 Å². The zero-order valence-electron chi connectivity index (χ0n) is 16.5. The molecule has 1 atom stereocenters. The average Bonchev–Trinajstić information content (AvgIpc) is 2.71. The molecule has 0 bridgehead atoms. The largest absolute Gasteiger partial charge is 0.588 e. The van der Waals surface area contributed by atoms with Gasteiger partial charge in [0.2, 0.25) is 5.88 Å². The van der Waals surface area contributed by atoms with Crippen molar-refractivity contribution in [3.63, 3.8) is 0 Å². The zero-order chi connectivity index (χ0) is 21.8. The number of nitrogens with one attached hydrogen (secondary N) is 1. The number of nitrogens with zero attached hydrogens (tertiary/aromatic N) is 2. The van der Waals surface area contributed by atoms with E-state index in [1.54, 1.807) is 12.1 Å². The van der Waals surface area contributed by atoms with Crippen LogP contribution >= 0.6 is 0 Å². The highest BCUT2D eigenvalue weighted by Crippen LogP contribution is 2.33.